The minimum Gasteiger partial charge on any atom is -0.366 e. The Morgan fingerprint density at radius 2 is 2.20 bits per heavy atom. The molecule has 2 unspecified atom stereocenters. The van der Waals surface area contributed by atoms with Crippen LogP contribution in [-0.2, 0) is 10.3 Å². The fraction of sp³-hybridized carbons (Fsp3) is 0.500. The van der Waals surface area contributed by atoms with Crippen LogP contribution in [0.4, 0.5) is 4.39 Å². The fourth-order valence-electron chi connectivity index (χ4n) is 2.93. The van der Waals surface area contributed by atoms with Gasteiger partial charge in [-0.05, 0) is 37.0 Å². The second kappa shape index (κ2) is 4.80. The molecule has 5 N–H and O–H groups in total. The van der Waals surface area contributed by atoms with Gasteiger partial charge in [-0.15, -0.1) is 0 Å². The number of rotatable bonds is 3. The molecule has 0 radical (unpaired) electrons. The highest BCUT2D eigenvalue weighted by Crippen LogP contribution is 2.49. The van der Waals surface area contributed by atoms with Crippen molar-refractivity contribution in [2.45, 2.75) is 24.7 Å². The topological polar surface area (TPSA) is 90.4 Å². The Morgan fingerprint density at radius 1 is 1.45 bits per heavy atom. The van der Waals surface area contributed by atoms with E-state index < -0.39 is 23.6 Å². The highest BCUT2D eigenvalue weighted by atomic mass is 19.1. The van der Waals surface area contributed by atoms with Gasteiger partial charge in [0.05, 0.1) is 0 Å². The summed E-state index contributed by atoms with van der Waals surface area (Å²) in [7, 11) is 0. The van der Waals surface area contributed by atoms with Crippen LogP contribution in [-0.4, -0.2) is 25.2 Å². The third-order valence-corrected chi connectivity index (χ3v) is 4.04. The van der Waals surface area contributed by atoms with E-state index in [-0.39, 0.29) is 11.5 Å². The lowest BCUT2D eigenvalue weighted by Gasteiger charge is -2.41. The molecule has 1 aliphatic heterocycles. The Balaban J connectivity index is 2.07. The molecule has 5 nitrogen and oxygen atoms in total. The van der Waals surface area contributed by atoms with Crippen LogP contribution >= 0.6 is 0 Å². The Bertz CT molecular complexity index is 547. The largest absolute Gasteiger partial charge is 0.366 e. The third kappa shape index (κ3) is 2.19. The zero-order valence-electron chi connectivity index (χ0n) is 11.1. The van der Waals surface area contributed by atoms with Crippen molar-refractivity contribution in [3.8, 4) is 0 Å². The van der Waals surface area contributed by atoms with Gasteiger partial charge in [0.2, 0.25) is 5.91 Å². The lowest BCUT2D eigenvalue weighted by Crippen LogP contribution is -2.56. The van der Waals surface area contributed by atoms with Crippen molar-refractivity contribution < 1.29 is 13.9 Å². The molecular weight excluding hydrogens is 261 g/mol. The average molecular weight is 279 g/mol. The van der Waals surface area contributed by atoms with Crippen molar-refractivity contribution in [2.75, 3.05) is 13.1 Å². The maximum atomic E-state index is 14.3. The highest BCUT2D eigenvalue weighted by Gasteiger charge is 2.51. The molecule has 0 spiro atoms. The van der Waals surface area contributed by atoms with Gasteiger partial charge in [0, 0.05) is 24.2 Å². The number of nitrogens with one attached hydrogen (secondary N) is 1. The molecule has 6 heteroatoms. The lowest BCUT2D eigenvalue weighted by atomic mass is 9.85. The second-order valence-corrected chi connectivity index (χ2v) is 5.51. The number of primary amides is 1. The van der Waals surface area contributed by atoms with E-state index in [0.717, 1.165) is 12.8 Å². The van der Waals surface area contributed by atoms with Gasteiger partial charge in [0.25, 0.3) is 0 Å². The van der Waals surface area contributed by atoms with E-state index >= 15 is 0 Å². The van der Waals surface area contributed by atoms with Gasteiger partial charge < -0.3 is 21.5 Å². The number of carbonyl (C=O) groups excluding carboxylic acids is 1. The number of carbonyl (C=O) groups is 1. The van der Waals surface area contributed by atoms with Gasteiger partial charge in [-0.1, -0.05) is 0 Å². The quantitative estimate of drug-likeness (QED) is 0.748. The zero-order chi connectivity index (χ0) is 14.3. The van der Waals surface area contributed by atoms with E-state index in [1.807, 2.05) is 0 Å². The number of hydrogen-bond acceptors (Lipinski definition) is 4. The normalized spacial score (nSPS) is 30.2. The summed E-state index contributed by atoms with van der Waals surface area (Å²) in [5.74, 6) is -0.748. The Morgan fingerprint density at radius 3 is 2.80 bits per heavy atom. The van der Waals surface area contributed by atoms with Crippen LogP contribution in [0.1, 0.15) is 28.8 Å². The summed E-state index contributed by atoms with van der Waals surface area (Å²) in [4.78, 5) is 11.3. The van der Waals surface area contributed by atoms with Crippen molar-refractivity contribution in [3.63, 3.8) is 0 Å². The second-order valence-electron chi connectivity index (χ2n) is 5.51. The van der Waals surface area contributed by atoms with Crippen LogP contribution in [0.3, 0.4) is 0 Å². The molecule has 1 saturated carbocycles. The van der Waals surface area contributed by atoms with Gasteiger partial charge in [-0.25, -0.2) is 4.39 Å². The summed E-state index contributed by atoms with van der Waals surface area (Å²) in [5, 5.41) is 3.19. The maximum Gasteiger partial charge on any atom is 0.248 e. The van der Waals surface area contributed by atoms with E-state index in [9.17, 15) is 9.18 Å². The van der Waals surface area contributed by atoms with Gasteiger partial charge in [0.15, 0.2) is 0 Å². The van der Waals surface area contributed by atoms with Crippen molar-refractivity contribution in [1.29, 1.82) is 0 Å². The summed E-state index contributed by atoms with van der Waals surface area (Å²) in [6.07, 6.45) is 1.45. The first-order chi connectivity index (χ1) is 9.53. The number of amides is 1. The van der Waals surface area contributed by atoms with E-state index in [0.29, 0.717) is 18.7 Å². The fourth-order valence-corrected chi connectivity index (χ4v) is 2.93. The molecule has 1 amide bonds. The molecule has 1 aromatic rings. The molecule has 1 aromatic carbocycles. The van der Waals surface area contributed by atoms with Gasteiger partial charge in [0.1, 0.15) is 17.6 Å². The summed E-state index contributed by atoms with van der Waals surface area (Å²) >= 11 is 0. The van der Waals surface area contributed by atoms with Crippen molar-refractivity contribution in [2.24, 2.45) is 17.4 Å². The first kappa shape index (κ1) is 13.5. The lowest BCUT2D eigenvalue weighted by molar-refractivity contribution is -0.134. The summed E-state index contributed by atoms with van der Waals surface area (Å²) < 4.78 is 20.2. The van der Waals surface area contributed by atoms with Crippen LogP contribution in [0.25, 0.3) is 0 Å². The Hall–Kier alpha value is -1.50. The molecule has 1 aliphatic carbocycles. The minimum atomic E-state index is -0.798. The molecule has 1 saturated heterocycles. The number of ether oxygens (including phenoxy) is 1. The van der Waals surface area contributed by atoms with Gasteiger partial charge >= 0.3 is 0 Å². The van der Waals surface area contributed by atoms with Crippen LogP contribution in [0.2, 0.25) is 0 Å². The summed E-state index contributed by atoms with van der Waals surface area (Å²) in [6, 6.07) is 4.15. The first-order valence-corrected chi connectivity index (χ1v) is 6.77. The minimum absolute atomic E-state index is 0.221. The molecule has 2 fully saturated rings. The maximum absolute atomic E-state index is 14.3. The van der Waals surface area contributed by atoms with Crippen LogP contribution in [0.15, 0.2) is 18.2 Å². The van der Waals surface area contributed by atoms with E-state index in [4.69, 9.17) is 16.2 Å². The van der Waals surface area contributed by atoms with Crippen LogP contribution in [0.5, 0.6) is 0 Å². The van der Waals surface area contributed by atoms with Crippen molar-refractivity contribution in [3.05, 3.63) is 35.1 Å². The summed E-state index contributed by atoms with van der Waals surface area (Å²) in [5.41, 5.74) is 11.0. The number of morpholine rings is 1. The molecule has 0 aromatic heterocycles. The number of hydrogen-bond donors (Lipinski definition) is 3. The van der Waals surface area contributed by atoms with E-state index in [2.05, 4.69) is 5.32 Å². The predicted molar refractivity (Wildman–Crippen MR) is 71.3 cm³/mol. The Kier molecular flexibility index (Phi) is 3.24. The smallest absolute Gasteiger partial charge is 0.248 e. The molecule has 3 rings (SSSR count). The number of halogens is 1. The average Bonchev–Trinajstić information content (AvgIpc) is 3.23. The zero-order valence-corrected chi connectivity index (χ0v) is 11.1. The highest BCUT2D eigenvalue weighted by molar-refractivity contribution is 5.93. The van der Waals surface area contributed by atoms with Crippen LogP contribution in [0, 0.1) is 11.7 Å². The van der Waals surface area contributed by atoms with Gasteiger partial charge in [-0.3, -0.25) is 4.79 Å². The van der Waals surface area contributed by atoms with Crippen LogP contribution < -0.4 is 16.8 Å². The molecule has 0 bridgehead atoms. The predicted octanol–water partition coefficient (Wildman–Crippen LogP) is 0.435. The number of nitrogens with two attached hydrogens (primary N) is 2. The third-order valence-electron chi connectivity index (χ3n) is 4.04. The molecule has 20 heavy (non-hydrogen) atoms. The van der Waals surface area contributed by atoms with Gasteiger partial charge in [-0.2, -0.15) is 0 Å². The molecule has 1 heterocycles. The molecule has 2 aliphatic rings. The monoisotopic (exact) mass is 279 g/mol. The SMILES string of the molecule is NC(=O)c1ccc(F)c(C2(C3CC3)CNCC(N)O2)c1. The van der Waals surface area contributed by atoms with E-state index in [1.165, 1.54) is 18.2 Å². The number of benzene rings is 1. The standard InChI is InChI=1S/C14H18FN3O2/c15-11-4-1-8(13(17)19)5-10(11)14(9-2-3-9)7-18-6-12(16)20-14/h1,4-5,9,12,18H,2-3,6-7,16H2,(H2,17,19). The Labute approximate surface area is 116 Å². The van der Waals surface area contributed by atoms with Crippen molar-refractivity contribution >= 4 is 5.91 Å². The molecule has 108 valence electrons. The molecule has 2 atom stereocenters. The molecular formula is C14H18FN3O2. The van der Waals surface area contributed by atoms with Crippen molar-refractivity contribution in [1.82, 2.24) is 5.32 Å². The first-order valence-electron chi connectivity index (χ1n) is 6.77. The summed E-state index contributed by atoms with van der Waals surface area (Å²) in [6.45, 7) is 1.02. The van der Waals surface area contributed by atoms with E-state index in [1.54, 1.807) is 0 Å².